The first-order valence-corrected chi connectivity index (χ1v) is 11.4. The van der Waals surface area contributed by atoms with Crippen molar-refractivity contribution in [3.8, 4) is 6.07 Å². The number of benzene rings is 2. The van der Waals surface area contributed by atoms with Crippen molar-refractivity contribution >= 4 is 52.1 Å². The van der Waals surface area contributed by atoms with E-state index in [0.29, 0.717) is 6.42 Å². The number of para-hydroxylation sites is 2. The Kier molecular flexibility index (Phi) is 4.48. The molecule has 0 saturated heterocycles. The molecule has 0 fully saturated rings. The van der Waals surface area contributed by atoms with Crippen molar-refractivity contribution in [2.24, 2.45) is 0 Å². The molecular weight excluding hydrogens is 441 g/mol. The normalized spacial score (nSPS) is 11.2. The fraction of sp³-hybridized carbons (Fsp3) is 0.150. The van der Waals surface area contributed by atoms with E-state index in [0.717, 1.165) is 28.6 Å². The minimum atomic E-state index is 0.427. The van der Waals surface area contributed by atoms with Gasteiger partial charge in [0.25, 0.3) is 0 Å². The molecule has 5 heteroatoms. The van der Waals surface area contributed by atoms with Crippen molar-refractivity contribution in [2.45, 2.75) is 19.8 Å². The standard InChI is InChI=1S/C20H16IN3S/c1-13-14-6-3-5-9-19(14)24(25-21)20(13)12-18-16(10-11-22)15-7-2-4-8-17(15)23-18/h2-9,23H,10,12H2,1H3. The maximum atomic E-state index is 9.28. The van der Waals surface area contributed by atoms with E-state index in [1.807, 2.05) is 12.1 Å². The molecule has 2 aromatic carbocycles. The smallest absolute Gasteiger partial charge is 0.0670 e. The van der Waals surface area contributed by atoms with Gasteiger partial charge >= 0.3 is 0 Å². The Labute approximate surface area is 162 Å². The average molecular weight is 457 g/mol. The number of hydrogen-bond donors (Lipinski definition) is 1. The summed E-state index contributed by atoms with van der Waals surface area (Å²) in [4.78, 5) is 3.54. The lowest BCUT2D eigenvalue weighted by atomic mass is 10.0. The zero-order valence-corrected chi connectivity index (χ0v) is 16.7. The summed E-state index contributed by atoms with van der Waals surface area (Å²) in [5.74, 6) is 0. The molecule has 0 amide bonds. The summed E-state index contributed by atoms with van der Waals surface area (Å²) >= 11 is 2.34. The van der Waals surface area contributed by atoms with Crippen LogP contribution in [0.25, 0.3) is 21.8 Å². The summed E-state index contributed by atoms with van der Waals surface area (Å²) in [5.41, 5.74) is 7.19. The lowest BCUT2D eigenvalue weighted by Gasteiger charge is -2.07. The van der Waals surface area contributed by atoms with Crippen molar-refractivity contribution in [1.82, 2.24) is 8.96 Å². The third-order valence-corrected chi connectivity index (χ3v) is 6.51. The second kappa shape index (κ2) is 6.77. The summed E-state index contributed by atoms with van der Waals surface area (Å²) in [6.07, 6.45) is 1.22. The molecule has 0 radical (unpaired) electrons. The number of nitrogens with one attached hydrogen (secondary N) is 1. The van der Waals surface area contributed by atoms with Crippen LogP contribution in [-0.2, 0) is 12.8 Å². The molecule has 4 aromatic rings. The highest BCUT2D eigenvalue weighted by Crippen LogP contribution is 2.34. The summed E-state index contributed by atoms with van der Waals surface area (Å²) < 4.78 is 2.30. The van der Waals surface area contributed by atoms with E-state index in [-0.39, 0.29) is 0 Å². The fourth-order valence-electron chi connectivity index (χ4n) is 3.56. The van der Waals surface area contributed by atoms with Crippen molar-refractivity contribution in [3.05, 3.63) is 71.0 Å². The Balaban J connectivity index is 1.90. The molecular formula is C20H16IN3S. The molecule has 0 bridgehead atoms. The van der Waals surface area contributed by atoms with Gasteiger partial charge in [-0.3, -0.25) is 3.97 Å². The first-order valence-electron chi connectivity index (χ1n) is 8.08. The molecule has 0 aliphatic carbocycles. The van der Waals surface area contributed by atoms with Crippen molar-refractivity contribution in [3.63, 3.8) is 0 Å². The molecule has 0 unspecified atom stereocenters. The van der Waals surface area contributed by atoms with Gasteiger partial charge in [0, 0.05) is 64.4 Å². The highest BCUT2D eigenvalue weighted by Gasteiger charge is 2.18. The summed E-state index contributed by atoms with van der Waals surface area (Å²) in [5, 5.41) is 11.7. The minimum Gasteiger partial charge on any atom is -0.358 e. The molecule has 124 valence electrons. The molecule has 0 saturated carbocycles. The zero-order chi connectivity index (χ0) is 17.4. The van der Waals surface area contributed by atoms with Crippen molar-refractivity contribution in [2.75, 3.05) is 0 Å². The van der Waals surface area contributed by atoms with Gasteiger partial charge in [-0.2, -0.15) is 5.26 Å². The third-order valence-electron chi connectivity index (χ3n) is 4.78. The lowest BCUT2D eigenvalue weighted by molar-refractivity contribution is 1.00. The van der Waals surface area contributed by atoms with E-state index in [4.69, 9.17) is 0 Å². The van der Waals surface area contributed by atoms with E-state index in [1.165, 1.54) is 22.2 Å². The molecule has 1 N–H and O–H groups in total. The minimum absolute atomic E-state index is 0.427. The average Bonchev–Trinajstić information content (AvgIpc) is 3.12. The summed E-state index contributed by atoms with van der Waals surface area (Å²) in [6.45, 7) is 2.19. The third kappa shape index (κ3) is 2.74. The SMILES string of the molecule is Cc1c(Cc2[nH]c3ccccc3c2CC#N)n(SI)c2ccccc12. The number of rotatable bonds is 4. The number of H-pyrrole nitrogens is 1. The van der Waals surface area contributed by atoms with Crippen LogP contribution in [0.2, 0.25) is 0 Å². The largest absolute Gasteiger partial charge is 0.358 e. The van der Waals surface area contributed by atoms with E-state index in [2.05, 4.69) is 79.6 Å². The molecule has 0 aliphatic heterocycles. The maximum absolute atomic E-state index is 9.28. The molecule has 4 rings (SSSR count). The van der Waals surface area contributed by atoms with E-state index < -0.39 is 0 Å². The number of aromatic nitrogens is 2. The highest BCUT2D eigenvalue weighted by atomic mass is 127. The van der Waals surface area contributed by atoms with Crippen LogP contribution >= 0.6 is 30.3 Å². The Bertz CT molecular complexity index is 1120. The van der Waals surface area contributed by atoms with Gasteiger partial charge in [-0.1, -0.05) is 36.4 Å². The zero-order valence-electron chi connectivity index (χ0n) is 13.7. The van der Waals surface area contributed by atoms with E-state index in [9.17, 15) is 5.26 Å². The second-order valence-electron chi connectivity index (χ2n) is 6.09. The van der Waals surface area contributed by atoms with E-state index in [1.54, 1.807) is 9.12 Å². The molecule has 0 spiro atoms. The number of hydrogen-bond acceptors (Lipinski definition) is 2. The van der Waals surface area contributed by atoms with Crippen LogP contribution in [0.4, 0.5) is 0 Å². The number of fused-ring (bicyclic) bond motifs is 2. The van der Waals surface area contributed by atoms with Crippen LogP contribution in [0.1, 0.15) is 22.5 Å². The second-order valence-corrected chi connectivity index (χ2v) is 7.78. The Morgan fingerprint density at radius 3 is 2.60 bits per heavy atom. The van der Waals surface area contributed by atoms with Gasteiger partial charge in [-0.05, 0) is 30.2 Å². The molecule has 0 atom stereocenters. The molecule has 2 aromatic heterocycles. The number of halogens is 1. The van der Waals surface area contributed by atoms with Gasteiger partial charge in [-0.15, -0.1) is 0 Å². The highest BCUT2D eigenvalue weighted by molar-refractivity contribution is 14.2. The van der Waals surface area contributed by atoms with Crippen LogP contribution in [0.15, 0.2) is 48.5 Å². The lowest BCUT2D eigenvalue weighted by Crippen LogP contribution is -1.99. The summed E-state index contributed by atoms with van der Waals surface area (Å²) in [6, 6.07) is 19.1. The number of aromatic amines is 1. The van der Waals surface area contributed by atoms with Crippen LogP contribution in [0, 0.1) is 18.3 Å². The number of nitriles is 1. The fourth-order valence-corrected chi connectivity index (χ4v) is 5.43. The first kappa shape index (κ1) is 16.6. The van der Waals surface area contributed by atoms with Gasteiger partial charge in [0.2, 0.25) is 0 Å². The van der Waals surface area contributed by atoms with Crippen molar-refractivity contribution < 1.29 is 0 Å². The number of aryl methyl sites for hydroxylation is 1. The molecule has 25 heavy (non-hydrogen) atoms. The predicted octanol–water partition coefficient (Wildman–Crippen LogP) is 5.93. The van der Waals surface area contributed by atoms with Crippen molar-refractivity contribution in [1.29, 1.82) is 5.26 Å². The predicted molar refractivity (Wildman–Crippen MR) is 114 cm³/mol. The maximum Gasteiger partial charge on any atom is 0.0670 e. The first-order chi connectivity index (χ1) is 12.2. The van der Waals surface area contributed by atoms with Gasteiger partial charge in [0.05, 0.1) is 18.0 Å². The summed E-state index contributed by atoms with van der Waals surface area (Å²) in [7, 11) is 1.70. The number of nitrogens with zero attached hydrogens (tertiary/aromatic N) is 2. The van der Waals surface area contributed by atoms with Gasteiger partial charge in [0.15, 0.2) is 0 Å². The van der Waals surface area contributed by atoms with E-state index >= 15 is 0 Å². The molecule has 2 heterocycles. The van der Waals surface area contributed by atoms with Gasteiger partial charge in [0.1, 0.15) is 0 Å². The Morgan fingerprint density at radius 1 is 1.12 bits per heavy atom. The Morgan fingerprint density at radius 2 is 1.84 bits per heavy atom. The van der Waals surface area contributed by atoms with Crippen LogP contribution < -0.4 is 0 Å². The Hall–Kier alpha value is -1.91. The van der Waals surface area contributed by atoms with Crippen LogP contribution in [0.5, 0.6) is 0 Å². The monoisotopic (exact) mass is 457 g/mol. The van der Waals surface area contributed by atoms with Crippen LogP contribution in [-0.4, -0.2) is 8.96 Å². The van der Waals surface area contributed by atoms with Gasteiger partial charge in [-0.25, -0.2) is 0 Å². The quantitative estimate of drug-likeness (QED) is 0.386. The molecule has 0 aliphatic rings. The van der Waals surface area contributed by atoms with Crippen LogP contribution in [0.3, 0.4) is 0 Å². The topological polar surface area (TPSA) is 44.5 Å². The molecule has 3 nitrogen and oxygen atoms in total. The van der Waals surface area contributed by atoms with Gasteiger partial charge < -0.3 is 4.98 Å².